The van der Waals surface area contributed by atoms with Crippen LogP contribution in [0.25, 0.3) is 22.6 Å². The van der Waals surface area contributed by atoms with Crippen molar-refractivity contribution in [2.24, 2.45) is 0 Å². The van der Waals surface area contributed by atoms with Crippen molar-refractivity contribution in [2.45, 2.75) is 13.5 Å². The Morgan fingerprint density at radius 1 is 1.12 bits per heavy atom. The first-order valence-corrected chi connectivity index (χ1v) is 7.52. The summed E-state index contributed by atoms with van der Waals surface area (Å²) >= 11 is 0. The molecule has 0 bridgehead atoms. The lowest BCUT2D eigenvalue weighted by Gasteiger charge is -2.05. The number of oxazole rings is 1. The minimum absolute atomic E-state index is 0.0402. The summed E-state index contributed by atoms with van der Waals surface area (Å²) in [5, 5.41) is 10.3. The van der Waals surface area contributed by atoms with Crippen LogP contribution in [0.2, 0.25) is 0 Å². The minimum Gasteiger partial charge on any atom is -0.485 e. The van der Waals surface area contributed by atoms with Crippen LogP contribution in [-0.2, 0) is 6.61 Å². The molecule has 0 aliphatic carbocycles. The Labute approximate surface area is 145 Å². The summed E-state index contributed by atoms with van der Waals surface area (Å²) in [6, 6.07) is 4.58. The van der Waals surface area contributed by atoms with Crippen LogP contribution >= 0.6 is 0 Å². The van der Waals surface area contributed by atoms with Gasteiger partial charge in [0.15, 0.2) is 11.3 Å². The number of rotatable bonds is 4. The highest BCUT2D eigenvalue weighted by molar-refractivity contribution is 5.78. The van der Waals surface area contributed by atoms with E-state index in [1.54, 1.807) is 6.92 Å². The molecule has 3 aromatic heterocycles. The van der Waals surface area contributed by atoms with Gasteiger partial charge in [-0.1, -0.05) is 0 Å². The number of pyridine rings is 1. The molecule has 0 radical (unpaired) electrons. The Morgan fingerprint density at radius 3 is 2.65 bits per heavy atom. The van der Waals surface area contributed by atoms with Gasteiger partial charge in [-0.3, -0.25) is 0 Å². The van der Waals surface area contributed by atoms with Crippen molar-refractivity contribution in [3.8, 4) is 17.2 Å². The van der Waals surface area contributed by atoms with E-state index in [9.17, 15) is 8.78 Å². The molecule has 3 N–H and O–H groups in total. The molecule has 8 nitrogen and oxygen atoms in total. The van der Waals surface area contributed by atoms with Crippen LogP contribution in [0.15, 0.2) is 28.7 Å². The van der Waals surface area contributed by atoms with Crippen LogP contribution < -0.4 is 10.5 Å². The van der Waals surface area contributed by atoms with Crippen LogP contribution in [0.3, 0.4) is 0 Å². The number of nitrogens with two attached hydrogens (primary N) is 1. The number of nitrogens with zero attached hydrogens (tertiary/aromatic N) is 4. The number of anilines is 1. The molecular formula is C16H12F2N6O2. The fourth-order valence-corrected chi connectivity index (χ4v) is 2.44. The Morgan fingerprint density at radius 2 is 1.88 bits per heavy atom. The number of aromatic amines is 1. The number of H-pyrrole nitrogens is 1. The molecule has 0 spiro atoms. The van der Waals surface area contributed by atoms with Crippen LogP contribution in [0.1, 0.15) is 11.5 Å². The average molecular weight is 358 g/mol. The van der Waals surface area contributed by atoms with E-state index in [0.29, 0.717) is 28.4 Å². The molecular weight excluding hydrogens is 346 g/mol. The Hall–Kier alpha value is -3.56. The summed E-state index contributed by atoms with van der Waals surface area (Å²) in [6.45, 7) is 1.72. The van der Waals surface area contributed by atoms with Gasteiger partial charge < -0.3 is 14.9 Å². The SMILES string of the molecule is Cc1oc(-c2cc(F)cc(F)c2)nc1COc1cc(N)nc2n[nH]nc12. The van der Waals surface area contributed by atoms with Crippen molar-refractivity contribution >= 4 is 17.0 Å². The monoisotopic (exact) mass is 358 g/mol. The van der Waals surface area contributed by atoms with E-state index in [-0.39, 0.29) is 23.9 Å². The lowest BCUT2D eigenvalue weighted by molar-refractivity contribution is 0.302. The number of halogens is 2. The molecule has 132 valence electrons. The highest BCUT2D eigenvalue weighted by atomic mass is 19.1. The van der Waals surface area contributed by atoms with E-state index < -0.39 is 11.6 Å². The van der Waals surface area contributed by atoms with E-state index in [0.717, 1.165) is 18.2 Å². The summed E-state index contributed by atoms with van der Waals surface area (Å²) in [4.78, 5) is 8.27. The maximum absolute atomic E-state index is 13.4. The smallest absolute Gasteiger partial charge is 0.226 e. The number of hydrogen-bond acceptors (Lipinski definition) is 7. The predicted octanol–water partition coefficient (Wildman–Crippen LogP) is 2.76. The maximum Gasteiger partial charge on any atom is 0.226 e. The van der Waals surface area contributed by atoms with Crippen molar-refractivity contribution in [3.63, 3.8) is 0 Å². The number of aryl methyl sites for hydroxylation is 1. The standard InChI is InChI=1S/C16H12F2N6O2/c1-7-11(20-16(26-7)8-2-9(17)4-10(18)3-8)6-25-12-5-13(19)21-15-14(12)22-24-23-15/h2-5H,6H2,1H3,(H3,19,21,22,23,24). The highest BCUT2D eigenvalue weighted by Crippen LogP contribution is 2.27. The first-order chi connectivity index (χ1) is 12.5. The molecule has 0 unspecified atom stereocenters. The summed E-state index contributed by atoms with van der Waals surface area (Å²) < 4.78 is 38.0. The zero-order valence-corrected chi connectivity index (χ0v) is 13.5. The van der Waals surface area contributed by atoms with Gasteiger partial charge in [-0.15, -0.1) is 5.10 Å². The molecule has 26 heavy (non-hydrogen) atoms. The van der Waals surface area contributed by atoms with Crippen molar-refractivity contribution in [3.05, 3.63) is 47.4 Å². The molecule has 0 saturated heterocycles. The lowest BCUT2D eigenvalue weighted by Crippen LogP contribution is -2.00. The molecule has 4 rings (SSSR count). The Balaban J connectivity index is 1.61. The third-order valence-corrected chi connectivity index (χ3v) is 3.64. The molecule has 0 fully saturated rings. The second-order valence-electron chi connectivity index (χ2n) is 5.51. The highest BCUT2D eigenvalue weighted by Gasteiger charge is 2.16. The third-order valence-electron chi connectivity index (χ3n) is 3.64. The zero-order chi connectivity index (χ0) is 18.3. The predicted molar refractivity (Wildman–Crippen MR) is 87.0 cm³/mol. The van der Waals surface area contributed by atoms with Gasteiger partial charge in [-0.05, 0) is 19.1 Å². The fourth-order valence-electron chi connectivity index (χ4n) is 2.44. The van der Waals surface area contributed by atoms with Gasteiger partial charge in [0.2, 0.25) is 11.5 Å². The van der Waals surface area contributed by atoms with Gasteiger partial charge in [-0.25, -0.2) is 18.7 Å². The Bertz CT molecular complexity index is 1090. The van der Waals surface area contributed by atoms with Gasteiger partial charge >= 0.3 is 0 Å². The third kappa shape index (κ3) is 2.92. The van der Waals surface area contributed by atoms with Crippen LogP contribution in [0.4, 0.5) is 14.6 Å². The van der Waals surface area contributed by atoms with E-state index >= 15 is 0 Å². The normalized spacial score (nSPS) is 11.2. The molecule has 4 aromatic rings. The lowest BCUT2D eigenvalue weighted by atomic mass is 10.2. The fraction of sp³-hybridized carbons (Fsp3) is 0.125. The van der Waals surface area contributed by atoms with Crippen LogP contribution in [-0.4, -0.2) is 25.4 Å². The number of nitrogens with one attached hydrogen (secondary N) is 1. The topological polar surface area (TPSA) is 116 Å². The molecule has 0 aliphatic rings. The number of hydrogen-bond donors (Lipinski definition) is 2. The number of aromatic nitrogens is 5. The Kier molecular flexibility index (Phi) is 3.72. The quantitative estimate of drug-likeness (QED) is 0.576. The van der Waals surface area contributed by atoms with Crippen molar-refractivity contribution < 1.29 is 17.9 Å². The molecule has 10 heteroatoms. The minimum atomic E-state index is -0.714. The van der Waals surface area contributed by atoms with Gasteiger partial charge in [-0.2, -0.15) is 10.3 Å². The number of nitrogen functional groups attached to an aromatic ring is 1. The molecule has 0 saturated carbocycles. The summed E-state index contributed by atoms with van der Waals surface area (Å²) in [6.07, 6.45) is 0. The van der Waals surface area contributed by atoms with E-state index in [1.807, 2.05) is 0 Å². The summed E-state index contributed by atoms with van der Waals surface area (Å²) in [5.41, 5.74) is 7.13. The first-order valence-electron chi connectivity index (χ1n) is 7.52. The second kappa shape index (κ2) is 6.06. The molecule has 0 atom stereocenters. The molecule has 1 aromatic carbocycles. The average Bonchev–Trinajstić information content (AvgIpc) is 3.18. The summed E-state index contributed by atoms with van der Waals surface area (Å²) in [5.74, 6) is -0.261. The van der Waals surface area contributed by atoms with Gasteiger partial charge in [0, 0.05) is 17.7 Å². The van der Waals surface area contributed by atoms with Gasteiger partial charge in [0.1, 0.15) is 35.5 Å². The number of fused-ring (bicyclic) bond motifs is 1. The van der Waals surface area contributed by atoms with Crippen molar-refractivity contribution in [2.75, 3.05) is 5.73 Å². The number of benzene rings is 1. The molecule has 0 aliphatic heterocycles. The maximum atomic E-state index is 13.4. The van der Waals surface area contributed by atoms with Crippen LogP contribution in [0, 0.1) is 18.6 Å². The largest absolute Gasteiger partial charge is 0.485 e. The zero-order valence-electron chi connectivity index (χ0n) is 13.5. The molecule has 0 amide bonds. The molecule has 3 heterocycles. The van der Waals surface area contributed by atoms with Crippen LogP contribution in [0.5, 0.6) is 5.75 Å². The number of ether oxygens (including phenoxy) is 1. The second-order valence-corrected chi connectivity index (χ2v) is 5.51. The van der Waals surface area contributed by atoms with E-state index in [2.05, 4.69) is 25.4 Å². The van der Waals surface area contributed by atoms with E-state index in [1.165, 1.54) is 6.07 Å². The van der Waals surface area contributed by atoms with Gasteiger partial charge in [0.05, 0.1) is 0 Å². The summed E-state index contributed by atoms with van der Waals surface area (Å²) in [7, 11) is 0. The van der Waals surface area contributed by atoms with Crippen molar-refractivity contribution in [1.82, 2.24) is 25.4 Å². The van der Waals surface area contributed by atoms with Crippen molar-refractivity contribution in [1.29, 1.82) is 0 Å². The van der Waals surface area contributed by atoms with E-state index in [4.69, 9.17) is 14.9 Å². The first kappa shape index (κ1) is 15.9. The van der Waals surface area contributed by atoms with Gasteiger partial charge in [0.25, 0.3) is 0 Å².